The second kappa shape index (κ2) is 8.61. The van der Waals surface area contributed by atoms with Gasteiger partial charge in [0, 0.05) is 43.4 Å². The number of piperazine rings is 1. The minimum atomic E-state index is -0.388. The van der Waals surface area contributed by atoms with Gasteiger partial charge in [0.15, 0.2) is 5.75 Å². The van der Waals surface area contributed by atoms with E-state index in [-0.39, 0.29) is 17.4 Å². The first-order valence-corrected chi connectivity index (χ1v) is 12.8. The van der Waals surface area contributed by atoms with E-state index in [1.54, 1.807) is 0 Å². The molecule has 0 unspecified atom stereocenters. The van der Waals surface area contributed by atoms with E-state index in [2.05, 4.69) is 19.6 Å². The summed E-state index contributed by atoms with van der Waals surface area (Å²) in [5.74, 6) is 2.62. The molecule has 37 heavy (non-hydrogen) atoms. The molecule has 5 heterocycles. The number of ether oxygens (including phenoxy) is 1. The Balaban J connectivity index is 1.47. The van der Waals surface area contributed by atoms with Gasteiger partial charge in [-0.3, -0.25) is 14.3 Å². The van der Waals surface area contributed by atoms with Crippen LogP contribution < -0.4 is 9.64 Å². The average molecular weight is 501 g/mol. The van der Waals surface area contributed by atoms with E-state index in [0.29, 0.717) is 32.8 Å². The lowest BCUT2D eigenvalue weighted by molar-refractivity contribution is -0.139. The van der Waals surface area contributed by atoms with Gasteiger partial charge in [0.1, 0.15) is 23.9 Å². The maximum atomic E-state index is 12.9. The molecule has 1 fully saturated rings. The largest absolute Gasteiger partial charge is 0.488 e. The van der Waals surface area contributed by atoms with Crippen LogP contribution in [-0.2, 0) is 4.79 Å². The van der Waals surface area contributed by atoms with Crippen LogP contribution in [0, 0.1) is 19.3 Å². The zero-order valence-electron chi connectivity index (χ0n) is 22.0. The second-order valence-electron chi connectivity index (χ2n) is 10.9. The van der Waals surface area contributed by atoms with Gasteiger partial charge in [-0.25, -0.2) is 4.98 Å². The second-order valence-corrected chi connectivity index (χ2v) is 10.9. The molecule has 9 heteroatoms. The number of anilines is 1. The van der Waals surface area contributed by atoms with Crippen LogP contribution in [0.1, 0.15) is 44.0 Å². The van der Waals surface area contributed by atoms with Gasteiger partial charge in [-0.05, 0) is 38.1 Å². The molecule has 2 aliphatic heterocycles. The van der Waals surface area contributed by atoms with Crippen molar-refractivity contribution in [3.05, 3.63) is 53.7 Å². The number of imidazole rings is 1. The highest BCUT2D eigenvalue weighted by Gasteiger charge is 2.35. The molecule has 3 aromatic heterocycles. The highest BCUT2D eigenvalue weighted by molar-refractivity contribution is 5.94. The molecule has 0 saturated carbocycles. The Hall–Kier alpha value is -3.88. The van der Waals surface area contributed by atoms with Gasteiger partial charge >= 0.3 is 0 Å². The number of hydrogen-bond donors (Lipinski definition) is 0. The molecule has 9 nitrogen and oxygen atoms in total. The van der Waals surface area contributed by atoms with Gasteiger partial charge < -0.3 is 19.1 Å². The third-order valence-corrected chi connectivity index (χ3v) is 7.31. The predicted molar refractivity (Wildman–Crippen MR) is 141 cm³/mol. The Labute approximate surface area is 216 Å². The highest BCUT2D eigenvalue weighted by Crippen LogP contribution is 2.45. The van der Waals surface area contributed by atoms with E-state index in [4.69, 9.17) is 14.2 Å². The number of carbonyl (C=O) groups is 1. The smallest absolute Gasteiger partial charge is 0.228 e. The fourth-order valence-corrected chi connectivity index (χ4v) is 5.49. The van der Waals surface area contributed by atoms with Crippen molar-refractivity contribution in [3.8, 4) is 16.9 Å². The number of hydrogen-bond acceptors (Lipinski definition) is 7. The molecule has 1 saturated heterocycles. The Bertz CT molecular complexity index is 1460. The topological polar surface area (TPSA) is 89.5 Å². The van der Waals surface area contributed by atoms with Crippen molar-refractivity contribution >= 4 is 22.9 Å². The number of nitrogens with zero attached hydrogens (tertiary/aromatic N) is 6. The van der Waals surface area contributed by atoms with E-state index >= 15 is 0 Å². The summed E-state index contributed by atoms with van der Waals surface area (Å²) < 4.78 is 14.2. The minimum Gasteiger partial charge on any atom is -0.488 e. The van der Waals surface area contributed by atoms with E-state index in [1.165, 1.54) is 0 Å². The van der Waals surface area contributed by atoms with Crippen LogP contribution in [0.3, 0.4) is 0 Å². The lowest BCUT2D eigenvalue weighted by atomic mass is 9.94. The first-order chi connectivity index (χ1) is 17.7. The predicted octanol–water partition coefficient (Wildman–Crippen LogP) is 4.38. The van der Waals surface area contributed by atoms with E-state index < -0.39 is 0 Å². The molecule has 1 aromatic carbocycles. The summed E-state index contributed by atoms with van der Waals surface area (Å²) in [6.45, 7) is 13.0. The fraction of sp³-hybridized carbons (Fsp3) is 0.429. The normalized spacial score (nSPS) is 17.8. The summed E-state index contributed by atoms with van der Waals surface area (Å²) >= 11 is 0. The number of aryl methyl sites for hydroxylation is 2. The molecule has 0 N–H and O–H groups in total. The van der Waals surface area contributed by atoms with Crippen molar-refractivity contribution in [1.82, 2.24) is 24.6 Å². The third kappa shape index (κ3) is 3.84. The van der Waals surface area contributed by atoms with Crippen molar-refractivity contribution in [3.63, 3.8) is 0 Å². The average Bonchev–Trinajstić information content (AvgIpc) is 3.45. The highest BCUT2D eigenvalue weighted by atomic mass is 16.5. The SMILES string of the molecule is Cc1noc(C)c1-c1ccc2nc(N3CCN(C(=O)C(C)(C)C)CC3)n3c2c1OC[C@@H]3c1ccccn1. The summed E-state index contributed by atoms with van der Waals surface area (Å²) in [7, 11) is 0. The van der Waals surface area contributed by atoms with E-state index in [0.717, 1.165) is 51.0 Å². The number of rotatable bonds is 3. The molecular formula is C28H32N6O3. The molecule has 4 aromatic rings. The molecule has 0 radical (unpaired) electrons. The lowest BCUT2D eigenvalue weighted by Gasteiger charge is -2.39. The Morgan fingerprint density at radius 3 is 2.49 bits per heavy atom. The summed E-state index contributed by atoms with van der Waals surface area (Å²) in [5, 5.41) is 4.16. The molecule has 0 bridgehead atoms. The fourth-order valence-electron chi connectivity index (χ4n) is 5.49. The zero-order chi connectivity index (χ0) is 25.9. The number of pyridine rings is 1. The third-order valence-electron chi connectivity index (χ3n) is 7.31. The number of benzene rings is 1. The summed E-state index contributed by atoms with van der Waals surface area (Å²) in [6, 6.07) is 9.93. The molecular weight excluding hydrogens is 468 g/mol. The molecule has 192 valence electrons. The van der Waals surface area contributed by atoms with Crippen LogP contribution in [0.15, 0.2) is 41.1 Å². The summed E-state index contributed by atoms with van der Waals surface area (Å²) in [5.41, 5.74) is 5.10. The molecule has 0 spiro atoms. The quantitative estimate of drug-likeness (QED) is 0.412. The van der Waals surface area contributed by atoms with Crippen LogP contribution in [0.4, 0.5) is 5.95 Å². The Kier molecular flexibility index (Phi) is 5.47. The maximum Gasteiger partial charge on any atom is 0.228 e. The minimum absolute atomic E-state index is 0.122. The molecule has 1 atom stereocenters. The van der Waals surface area contributed by atoms with Crippen molar-refractivity contribution < 1.29 is 14.1 Å². The molecule has 0 aliphatic carbocycles. The summed E-state index contributed by atoms with van der Waals surface area (Å²) in [4.78, 5) is 26.9. The summed E-state index contributed by atoms with van der Waals surface area (Å²) in [6.07, 6.45) is 1.82. The Morgan fingerprint density at radius 2 is 1.84 bits per heavy atom. The van der Waals surface area contributed by atoms with Crippen molar-refractivity contribution in [2.75, 3.05) is 37.7 Å². The molecule has 2 aliphatic rings. The zero-order valence-corrected chi connectivity index (χ0v) is 22.0. The van der Waals surface area contributed by atoms with Gasteiger partial charge in [0.2, 0.25) is 11.9 Å². The van der Waals surface area contributed by atoms with Crippen LogP contribution in [0.2, 0.25) is 0 Å². The Morgan fingerprint density at radius 1 is 1.05 bits per heavy atom. The van der Waals surface area contributed by atoms with E-state index in [1.807, 2.05) is 76.0 Å². The monoisotopic (exact) mass is 500 g/mol. The number of amides is 1. The van der Waals surface area contributed by atoms with Gasteiger partial charge in [-0.1, -0.05) is 32.0 Å². The van der Waals surface area contributed by atoms with Crippen LogP contribution in [0.25, 0.3) is 22.2 Å². The first-order valence-electron chi connectivity index (χ1n) is 12.8. The van der Waals surface area contributed by atoms with Crippen LogP contribution in [-0.4, -0.2) is 63.3 Å². The van der Waals surface area contributed by atoms with Gasteiger partial charge in [-0.15, -0.1) is 0 Å². The van der Waals surface area contributed by atoms with E-state index in [9.17, 15) is 4.79 Å². The van der Waals surface area contributed by atoms with Gasteiger partial charge in [-0.2, -0.15) is 0 Å². The number of aromatic nitrogens is 4. The first kappa shape index (κ1) is 23.5. The van der Waals surface area contributed by atoms with Crippen LogP contribution in [0.5, 0.6) is 5.75 Å². The molecule has 6 rings (SSSR count). The van der Waals surface area contributed by atoms with Crippen molar-refractivity contribution in [1.29, 1.82) is 0 Å². The maximum absolute atomic E-state index is 12.9. The van der Waals surface area contributed by atoms with Crippen molar-refractivity contribution in [2.24, 2.45) is 5.41 Å². The van der Waals surface area contributed by atoms with Gasteiger partial charge in [0.25, 0.3) is 0 Å². The lowest BCUT2D eigenvalue weighted by Crippen LogP contribution is -2.52. The standard InChI is InChI=1S/C28H32N6O3/c1-17-23(18(2)37-31-17)19-9-10-21-24-25(19)36-16-22(20-8-6-7-11-29-20)34(24)27(30-21)33-14-12-32(13-15-33)26(35)28(3,4)5/h6-11,22H,12-16H2,1-5H3/t22-/m1/s1. The van der Waals surface area contributed by atoms with Crippen LogP contribution >= 0.6 is 0 Å². The molecule has 1 amide bonds. The number of carbonyl (C=O) groups excluding carboxylic acids is 1. The van der Waals surface area contributed by atoms with Crippen molar-refractivity contribution in [2.45, 2.75) is 40.7 Å². The van der Waals surface area contributed by atoms with Gasteiger partial charge in [0.05, 0.1) is 22.5 Å².